The summed E-state index contributed by atoms with van der Waals surface area (Å²) < 4.78 is -1.10. The Morgan fingerprint density at radius 1 is 0.800 bits per heavy atom. The maximum absolute atomic E-state index is 4.38. The molecule has 0 bridgehead atoms. The molecule has 2 nitrogen and oxygen atoms in total. The van der Waals surface area contributed by atoms with Crippen LogP contribution in [0.3, 0.4) is 0 Å². The summed E-state index contributed by atoms with van der Waals surface area (Å²) in [6.45, 7) is 0. The Labute approximate surface area is 159 Å². The Bertz CT molecular complexity index is 452. The molecule has 0 aliphatic heterocycles. The average molecular weight is 424 g/mol. The molecular formula is C14H16N2NaPSe2. The first-order valence-electron chi connectivity index (χ1n) is 6.25. The van der Waals surface area contributed by atoms with Crippen molar-refractivity contribution in [2.75, 3.05) is 12.3 Å². The van der Waals surface area contributed by atoms with E-state index < -0.39 is 4.64 Å². The summed E-state index contributed by atoms with van der Waals surface area (Å²) in [4.78, 5) is 8.76. The summed E-state index contributed by atoms with van der Waals surface area (Å²) in [7, 11) is 0. The fourth-order valence-corrected chi connectivity index (χ4v) is 5.44. The molecule has 0 aliphatic carbocycles. The quantitative estimate of drug-likeness (QED) is 0.460. The van der Waals surface area contributed by atoms with Gasteiger partial charge in [0.15, 0.2) is 0 Å². The van der Waals surface area contributed by atoms with Crippen molar-refractivity contribution in [3.63, 3.8) is 0 Å². The van der Waals surface area contributed by atoms with Crippen molar-refractivity contribution < 1.29 is 29.6 Å². The topological polar surface area (TPSA) is 25.8 Å². The van der Waals surface area contributed by atoms with Crippen LogP contribution in [0, 0.1) is 0 Å². The molecule has 20 heavy (non-hydrogen) atoms. The van der Waals surface area contributed by atoms with Gasteiger partial charge in [0, 0.05) is 0 Å². The van der Waals surface area contributed by atoms with Gasteiger partial charge in [-0.2, -0.15) is 0 Å². The van der Waals surface area contributed by atoms with Crippen molar-refractivity contribution in [1.82, 2.24) is 9.97 Å². The predicted molar refractivity (Wildman–Crippen MR) is 84.0 cm³/mol. The van der Waals surface area contributed by atoms with Gasteiger partial charge in [-0.25, -0.2) is 0 Å². The molecule has 2 aromatic rings. The van der Waals surface area contributed by atoms with Gasteiger partial charge in [0.2, 0.25) is 0 Å². The van der Waals surface area contributed by atoms with Crippen LogP contribution in [0.2, 0.25) is 0 Å². The number of aromatic nitrogens is 2. The molecule has 2 aromatic heterocycles. The van der Waals surface area contributed by atoms with Gasteiger partial charge in [-0.05, 0) is 0 Å². The number of pyridine rings is 2. The molecule has 100 valence electrons. The number of rotatable bonds is 6. The Morgan fingerprint density at radius 3 is 1.60 bits per heavy atom. The number of hydrogen-bond acceptors (Lipinski definition) is 2. The minimum atomic E-state index is -1.10. The molecule has 0 fully saturated rings. The summed E-state index contributed by atoms with van der Waals surface area (Å²) in [6.07, 6.45) is 8.13. The van der Waals surface area contributed by atoms with Crippen LogP contribution in [0.25, 0.3) is 0 Å². The van der Waals surface area contributed by atoms with E-state index >= 15 is 0 Å². The molecule has 0 atom stereocenters. The molecular weight excluding hydrogens is 408 g/mol. The van der Waals surface area contributed by atoms with Crippen molar-refractivity contribution in [3.8, 4) is 0 Å². The summed E-state index contributed by atoms with van der Waals surface area (Å²) in [5.41, 5.74) is 2.35. The Morgan fingerprint density at radius 2 is 1.25 bits per heavy atom. The Hall–Kier alpha value is 0.769. The van der Waals surface area contributed by atoms with Gasteiger partial charge in [-0.15, -0.1) is 0 Å². The second-order valence-electron chi connectivity index (χ2n) is 4.40. The Kier molecular flexibility index (Phi) is 9.14. The molecule has 2 rings (SSSR count). The van der Waals surface area contributed by atoms with Crippen LogP contribution in [0.4, 0.5) is 0 Å². The first-order valence-corrected chi connectivity index (χ1v) is 12.8. The van der Waals surface area contributed by atoms with E-state index in [9.17, 15) is 0 Å². The van der Waals surface area contributed by atoms with E-state index in [2.05, 4.69) is 65.4 Å². The number of hydrogen-bond donors (Lipinski definition) is 0. The SMILES string of the molecule is [Na+].[Se-][P+]([Se-])(CCc1ccccn1)CCc1ccccn1. The van der Waals surface area contributed by atoms with E-state index in [1.54, 1.807) is 0 Å². The van der Waals surface area contributed by atoms with Gasteiger partial charge in [0.1, 0.15) is 0 Å². The molecule has 0 saturated heterocycles. The van der Waals surface area contributed by atoms with Crippen LogP contribution in [-0.2, 0) is 12.8 Å². The van der Waals surface area contributed by atoms with Crippen LogP contribution in [0.5, 0.6) is 0 Å². The van der Waals surface area contributed by atoms with E-state index in [1.807, 2.05) is 24.5 Å². The Balaban J connectivity index is 0.00000200. The molecule has 2 heterocycles. The zero-order valence-corrected chi connectivity index (χ0v) is 17.9. The van der Waals surface area contributed by atoms with Crippen molar-refractivity contribution in [1.29, 1.82) is 0 Å². The molecule has 6 heteroatoms. The van der Waals surface area contributed by atoms with Crippen molar-refractivity contribution in [2.45, 2.75) is 12.8 Å². The van der Waals surface area contributed by atoms with Gasteiger partial charge in [0.25, 0.3) is 0 Å². The van der Waals surface area contributed by atoms with Gasteiger partial charge >= 0.3 is 161 Å². The van der Waals surface area contributed by atoms with E-state index in [-0.39, 0.29) is 29.6 Å². The molecule has 0 saturated carbocycles. The first kappa shape index (κ1) is 18.8. The molecule has 0 spiro atoms. The zero-order valence-electron chi connectivity index (χ0n) is 11.6. The first-order chi connectivity index (χ1) is 9.16. The minimum absolute atomic E-state index is 0. The maximum atomic E-state index is 4.38. The van der Waals surface area contributed by atoms with Crippen LogP contribution < -0.4 is 29.6 Å². The molecule has 0 aromatic carbocycles. The van der Waals surface area contributed by atoms with Crippen LogP contribution in [0.15, 0.2) is 48.8 Å². The van der Waals surface area contributed by atoms with Crippen LogP contribution >= 0.6 is 4.64 Å². The molecule has 0 radical (unpaired) electrons. The van der Waals surface area contributed by atoms with Gasteiger partial charge in [-0.1, -0.05) is 0 Å². The molecule has 0 aliphatic rings. The van der Waals surface area contributed by atoms with Crippen LogP contribution in [-0.4, -0.2) is 53.4 Å². The van der Waals surface area contributed by atoms with E-state index in [4.69, 9.17) is 0 Å². The standard InChI is InChI=1S/C14H17N2PSe2.Na/c18-17(19,11-7-13-5-1-3-9-15-13)12-8-14-6-2-4-10-16-14;/h1-6,9-10H,7-8,11-12H2,(H,18,19);/q;+1/p-1. The van der Waals surface area contributed by atoms with Crippen molar-refractivity contribution in [2.24, 2.45) is 0 Å². The van der Waals surface area contributed by atoms with Gasteiger partial charge < -0.3 is 0 Å². The van der Waals surface area contributed by atoms with Crippen molar-refractivity contribution >= 4 is 35.8 Å². The zero-order chi connectivity index (χ0) is 13.6. The third-order valence-electron chi connectivity index (χ3n) is 2.87. The van der Waals surface area contributed by atoms with Crippen molar-refractivity contribution in [3.05, 3.63) is 60.2 Å². The average Bonchev–Trinajstić information content (AvgIpc) is 2.46. The second-order valence-corrected chi connectivity index (χ2v) is 19.2. The normalized spacial score (nSPS) is 10.9. The van der Waals surface area contributed by atoms with E-state index in [0.717, 1.165) is 25.2 Å². The molecule has 0 amide bonds. The summed E-state index contributed by atoms with van der Waals surface area (Å²) in [5, 5.41) is 0. The van der Waals surface area contributed by atoms with Gasteiger partial charge in [-0.3, -0.25) is 0 Å². The fraction of sp³-hybridized carbons (Fsp3) is 0.286. The monoisotopic (exact) mass is 426 g/mol. The third kappa shape index (κ3) is 7.16. The fourth-order valence-electron chi connectivity index (χ4n) is 1.77. The summed E-state index contributed by atoms with van der Waals surface area (Å²) >= 11 is 6.79. The molecule has 0 unspecified atom stereocenters. The summed E-state index contributed by atoms with van der Waals surface area (Å²) in [6, 6.07) is 12.2. The molecule has 0 N–H and O–H groups in total. The second kappa shape index (κ2) is 9.72. The number of aryl methyl sites for hydroxylation is 2. The van der Waals surface area contributed by atoms with Gasteiger partial charge in [0.05, 0.1) is 0 Å². The number of nitrogens with zero attached hydrogens (tertiary/aromatic N) is 2. The van der Waals surface area contributed by atoms with Crippen LogP contribution in [0.1, 0.15) is 11.4 Å². The van der Waals surface area contributed by atoms with E-state index in [1.165, 1.54) is 11.4 Å². The third-order valence-corrected chi connectivity index (χ3v) is 9.28. The van der Waals surface area contributed by atoms with E-state index in [0.29, 0.717) is 0 Å². The predicted octanol–water partition coefficient (Wildman–Crippen LogP) is -0.550. The summed E-state index contributed by atoms with van der Waals surface area (Å²) in [5.74, 6) is 0.